The van der Waals surface area contributed by atoms with E-state index in [4.69, 9.17) is 5.73 Å². The molecule has 1 aromatic heterocycles. The molecule has 3 heteroatoms. The van der Waals surface area contributed by atoms with Gasteiger partial charge < -0.3 is 11.1 Å². The second-order valence-electron chi connectivity index (χ2n) is 5.58. The van der Waals surface area contributed by atoms with E-state index in [1.807, 2.05) is 13.1 Å². The highest BCUT2D eigenvalue weighted by Gasteiger charge is 2.28. The van der Waals surface area contributed by atoms with Crippen LogP contribution in [-0.4, -0.2) is 18.1 Å². The number of nitrogens with two attached hydrogens (primary N) is 1. The van der Waals surface area contributed by atoms with E-state index in [2.05, 4.69) is 40.6 Å². The highest BCUT2D eigenvalue weighted by Crippen LogP contribution is 2.30. The summed E-state index contributed by atoms with van der Waals surface area (Å²) in [6, 6.07) is 13.2. The number of rotatable bonds is 4. The Morgan fingerprint density at radius 2 is 1.90 bits per heavy atom. The van der Waals surface area contributed by atoms with Gasteiger partial charge in [-0.25, -0.2) is 4.98 Å². The van der Waals surface area contributed by atoms with E-state index in [9.17, 15) is 0 Å². The Hall–Kier alpha value is -1.87. The monoisotopic (exact) mass is 267 g/mol. The van der Waals surface area contributed by atoms with Crippen LogP contribution in [0.4, 0.5) is 5.82 Å². The predicted molar refractivity (Wildman–Crippen MR) is 82.5 cm³/mol. The fraction of sp³-hybridized carbons (Fsp3) is 0.353. The quantitative estimate of drug-likeness (QED) is 0.893. The van der Waals surface area contributed by atoms with Gasteiger partial charge in [-0.15, -0.1) is 0 Å². The largest absolute Gasteiger partial charge is 0.383 e. The maximum absolute atomic E-state index is 5.97. The topological polar surface area (TPSA) is 50.9 Å². The van der Waals surface area contributed by atoms with Gasteiger partial charge in [-0.05, 0) is 55.0 Å². The van der Waals surface area contributed by atoms with Gasteiger partial charge in [-0.3, -0.25) is 0 Å². The van der Waals surface area contributed by atoms with E-state index >= 15 is 0 Å². The zero-order chi connectivity index (χ0) is 13.9. The van der Waals surface area contributed by atoms with Crippen LogP contribution in [0.15, 0.2) is 42.6 Å². The Kier molecular flexibility index (Phi) is 3.70. The highest BCUT2D eigenvalue weighted by molar-refractivity contribution is 5.39. The minimum Gasteiger partial charge on any atom is -0.383 e. The maximum Gasteiger partial charge on any atom is 0.126 e. The third-order valence-electron chi connectivity index (χ3n) is 4.39. The number of nitrogens with zero attached hydrogens (tertiary/aromatic N) is 1. The van der Waals surface area contributed by atoms with Gasteiger partial charge in [0.2, 0.25) is 0 Å². The third kappa shape index (κ3) is 2.54. The summed E-state index contributed by atoms with van der Waals surface area (Å²) in [4.78, 5) is 4.18. The molecule has 3 rings (SSSR count). The Morgan fingerprint density at radius 1 is 1.20 bits per heavy atom. The summed E-state index contributed by atoms with van der Waals surface area (Å²) in [7, 11) is 2.04. The van der Waals surface area contributed by atoms with Gasteiger partial charge in [0.25, 0.3) is 0 Å². The second-order valence-corrected chi connectivity index (χ2v) is 5.58. The maximum atomic E-state index is 5.97. The molecule has 104 valence electrons. The third-order valence-corrected chi connectivity index (χ3v) is 4.39. The van der Waals surface area contributed by atoms with Crippen molar-refractivity contribution in [1.29, 1.82) is 0 Å². The molecule has 1 atom stereocenters. The Labute approximate surface area is 120 Å². The number of nitrogen functional groups attached to an aromatic ring is 1. The first-order valence-electron chi connectivity index (χ1n) is 7.21. The average Bonchev–Trinajstić information content (AvgIpc) is 2.90. The minimum absolute atomic E-state index is 0.439. The van der Waals surface area contributed by atoms with Crippen molar-refractivity contribution in [2.75, 3.05) is 12.8 Å². The first kappa shape index (κ1) is 13.1. The number of anilines is 1. The van der Waals surface area contributed by atoms with Gasteiger partial charge in [0.05, 0.1) is 0 Å². The molecule has 0 bridgehead atoms. The normalized spacial score (nSPS) is 16.1. The van der Waals surface area contributed by atoms with E-state index in [-0.39, 0.29) is 0 Å². The van der Waals surface area contributed by atoms with Crippen molar-refractivity contribution in [2.24, 2.45) is 5.92 Å². The van der Waals surface area contributed by atoms with E-state index in [0.717, 1.165) is 24.8 Å². The highest BCUT2D eigenvalue weighted by atomic mass is 14.9. The molecule has 0 saturated carbocycles. The molecule has 0 saturated heterocycles. The molecular formula is C17H21N3. The minimum atomic E-state index is 0.439. The first-order chi connectivity index (χ1) is 9.78. The second kappa shape index (κ2) is 5.63. The number of benzene rings is 1. The molecule has 1 aliphatic rings. The van der Waals surface area contributed by atoms with Crippen molar-refractivity contribution in [3.05, 3.63) is 59.3 Å². The molecule has 0 fully saturated rings. The number of hydrogen-bond acceptors (Lipinski definition) is 3. The summed E-state index contributed by atoms with van der Waals surface area (Å²) in [5, 5.41) is 3.47. The number of pyridine rings is 1. The number of hydrogen-bond donors (Lipinski definition) is 2. The number of fused-ring (bicyclic) bond motifs is 1. The summed E-state index contributed by atoms with van der Waals surface area (Å²) in [5.41, 5.74) is 10.1. The number of nitrogens with one attached hydrogen (secondary N) is 1. The van der Waals surface area contributed by atoms with Crippen LogP contribution in [0, 0.1) is 5.92 Å². The zero-order valence-electron chi connectivity index (χ0n) is 11.8. The summed E-state index contributed by atoms with van der Waals surface area (Å²) in [6.45, 7) is 0. The number of likely N-dealkylation sites (N-methyl/N-ethyl adjacent to an activating group) is 1. The van der Waals surface area contributed by atoms with Crippen LogP contribution in [0.25, 0.3) is 0 Å². The van der Waals surface area contributed by atoms with Crippen molar-refractivity contribution >= 4 is 5.82 Å². The smallest absolute Gasteiger partial charge is 0.126 e. The van der Waals surface area contributed by atoms with Crippen LogP contribution in [0.3, 0.4) is 0 Å². The van der Waals surface area contributed by atoms with E-state index in [1.165, 1.54) is 11.1 Å². The van der Waals surface area contributed by atoms with E-state index in [1.54, 1.807) is 6.20 Å². The molecule has 2 aromatic rings. The Bertz CT molecular complexity index is 569. The summed E-state index contributed by atoms with van der Waals surface area (Å²) in [5.74, 6) is 1.29. The molecule has 1 aromatic carbocycles. The molecule has 1 aliphatic carbocycles. The SMILES string of the molecule is CNC(Cc1cccnc1N)C1Cc2ccccc2C1. The molecule has 3 N–H and O–H groups in total. The standard InChI is InChI=1S/C17H21N3/c1-19-16(11-14-7-4-8-20-17(14)18)15-9-12-5-2-3-6-13(12)10-15/h2-8,15-16,19H,9-11H2,1H3,(H2,18,20). The average molecular weight is 267 g/mol. The predicted octanol–water partition coefficient (Wildman–Crippen LogP) is 2.21. The fourth-order valence-electron chi connectivity index (χ4n) is 3.24. The van der Waals surface area contributed by atoms with Crippen LogP contribution in [-0.2, 0) is 19.3 Å². The van der Waals surface area contributed by atoms with E-state index < -0.39 is 0 Å². The lowest BCUT2D eigenvalue weighted by Crippen LogP contribution is -2.36. The molecular weight excluding hydrogens is 246 g/mol. The molecule has 3 nitrogen and oxygen atoms in total. The van der Waals surface area contributed by atoms with Crippen molar-refractivity contribution < 1.29 is 0 Å². The van der Waals surface area contributed by atoms with E-state index in [0.29, 0.717) is 17.8 Å². The zero-order valence-corrected chi connectivity index (χ0v) is 11.8. The Morgan fingerprint density at radius 3 is 2.50 bits per heavy atom. The summed E-state index contributed by atoms with van der Waals surface area (Å²) in [6.07, 6.45) is 5.00. The van der Waals surface area contributed by atoms with Gasteiger partial charge in [0.1, 0.15) is 5.82 Å². The van der Waals surface area contributed by atoms with Gasteiger partial charge in [-0.2, -0.15) is 0 Å². The van der Waals surface area contributed by atoms with Gasteiger partial charge in [0, 0.05) is 12.2 Å². The van der Waals surface area contributed by atoms with Crippen LogP contribution >= 0.6 is 0 Å². The fourth-order valence-corrected chi connectivity index (χ4v) is 3.24. The molecule has 0 spiro atoms. The van der Waals surface area contributed by atoms with Crippen LogP contribution in [0.5, 0.6) is 0 Å². The van der Waals surface area contributed by atoms with Crippen molar-refractivity contribution in [3.8, 4) is 0 Å². The van der Waals surface area contributed by atoms with Gasteiger partial charge in [-0.1, -0.05) is 30.3 Å². The Balaban J connectivity index is 1.74. The van der Waals surface area contributed by atoms with Crippen LogP contribution < -0.4 is 11.1 Å². The molecule has 0 aliphatic heterocycles. The molecule has 0 amide bonds. The summed E-state index contributed by atoms with van der Waals surface area (Å²) >= 11 is 0. The molecule has 0 radical (unpaired) electrons. The lowest BCUT2D eigenvalue weighted by atomic mass is 9.91. The van der Waals surface area contributed by atoms with Crippen molar-refractivity contribution in [2.45, 2.75) is 25.3 Å². The molecule has 1 unspecified atom stereocenters. The molecule has 1 heterocycles. The van der Waals surface area contributed by atoms with Gasteiger partial charge in [0.15, 0.2) is 0 Å². The van der Waals surface area contributed by atoms with Crippen LogP contribution in [0.1, 0.15) is 16.7 Å². The lowest BCUT2D eigenvalue weighted by Gasteiger charge is -2.23. The van der Waals surface area contributed by atoms with Crippen LogP contribution in [0.2, 0.25) is 0 Å². The lowest BCUT2D eigenvalue weighted by molar-refractivity contribution is 0.383. The van der Waals surface area contributed by atoms with Gasteiger partial charge >= 0.3 is 0 Å². The van der Waals surface area contributed by atoms with Crippen molar-refractivity contribution in [1.82, 2.24) is 10.3 Å². The first-order valence-corrected chi connectivity index (χ1v) is 7.21. The molecule has 20 heavy (non-hydrogen) atoms. The summed E-state index contributed by atoms with van der Waals surface area (Å²) < 4.78 is 0. The van der Waals surface area contributed by atoms with Crippen molar-refractivity contribution in [3.63, 3.8) is 0 Å². The number of aromatic nitrogens is 1.